The van der Waals surface area contributed by atoms with Crippen LogP contribution >= 0.6 is 0 Å². The van der Waals surface area contributed by atoms with Crippen molar-refractivity contribution in [3.8, 4) is 22.5 Å². The summed E-state index contributed by atoms with van der Waals surface area (Å²) in [6, 6.07) is 22.7. The summed E-state index contributed by atoms with van der Waals surface area (Å²) in [6.07, 6.45) is 3.64. The summed E-state index contributed by atoms with van der Waals surface area (Å²) in [5.74, 6) is 1.43. The van der Waals surface area contributed by atoms with Crippen LogP contribution in [-0.2, 0) is 13.6 Å². The molecule has 0 spiro atoms. The van der Waals surface area contributed by atoms with E-state index in [4.69, 9.17) is 4.98 Å². The number of hydrogen-bond acceptors (Lipinski definition) is 5. The van der Waals surface area contributed by atoms with E-state index < -0.39 is 0 Å². The van der Waals surface area contributed by atoms with Gasteiger partial charge in [0.25, 0.3) is 0 Å². The second kappa shape index (κ2) is 7.99. The van der Waals surface area contributed by atoms with Gasteiger partial charge in [0.15, 0.2) is 5.82 Å². The van der Waals surface area contributed by atoms with Gasteiger partial charge in [0.05, 0.1) is 5.52 Å². The Bertz CT molecular complexity index is 1360. The first-order valence-corrected chi connectivity index (χ1v) is 10.2. The zero-order valence-corrected chi connectivity index (χ0v) is 17.4. The number of nitrogens with zero attached hydrogens (tertiary/aromatic N) is 5. The monoisotopic (exact) mass is 408 g/mol. The Labute approximate surface area is 182 Å². The molecule has 0 fully saturated rings. The lowest BCUT2D eigenvalue weighted by Crippen LogP contribution is -2.05. The van der Waals surface area contributed by atoms with Crippen LogP contribution in [0.1, 0.15) is 12.7 Å². The van der Waals surface area contributed by atoms with Crippen molar-refractivity contribution in [3.63, 3.8) is 0 Å². The summed E-state index contributed by atoms with van der Waals surface area (Å²) in [6.45, 7) is 2.68. The minimum Gasteiger partial charge on any atom is -0.350 e. The number of nitrogens with one attached hydrogen (secondary N) is 1. The molecule has 5 aromatic rings. The van der Waals surface area contributed by atoms with Gasteiger partial charge in [-0.1, -0.05) is 30.3 Å². The summed E-state index contributed by atoms with van der Waals surface area (Å²) in [5, 5.41) is 9.05. The molecule has 0 atom stereocenters. The molecule has 1 N–H and O–H groups in total. The second-order valence-corrected chi connectivity index (χ2v) is 7.53. The topological polar surface area (TPSA) is 68.5 Å². The maximum absolute atomic E-state index is 4.69. The van der Waals surface area contributed by atoms with E-state index in [1.54, 1.807) is 10.9 Å². The lowest BCUT2D eigenvalue weighted by atomic mass is 10.0. The third kappa shape index (κ3) is 4.00. The Morgan fingerprint density at radius 1 is 0.871 bits per heavy atom. The minimum atomic E-state index is 0. The molecule has 0 aliphatic rings. The molecular formula is C25H24N6. The molecule has 0 saturated heterocycles. The molecule has 0 aliphatic carbocycles. The second-order valence-electron chi connectivity index (χ2n) is 7.53. The van der Waals surface area contributed by atoms with Crippen molar-refractivity contribution in [3.05, 3.63) is 90.4 Å². The lowest BCUT2D eigenvalue weighted by Gasteiger charge is -2.07. The van der Waals surface area contributed by atoms with Gasteiger partial charge in [-0.3, -0.25) is 9.97 Å². The molecule has 5 rings (SSSR count). The van der Waals surface area contributed by atoms with Gasteiger partial charge in [-0.2, -0.15) is 4.98 Å². The van der Waals surface area contributed by atoms with E-state index in [1.807, 2.05) is 50.5 Å². The van der Waals surface area contributed by atoms with E-state index >= 15 is 0 Å². The standard InChI is InChI=1S/C25H22N6.H2/c1-17-14-20(11-13-26-17)19-7-5-18(6-8-19)16-28-25-29-24(30-31(25)2)22-9-10-23-21(15-22)4-3-12-27-23;/h3-15H,16H2,1-2H3,(H,28,29,30);1H. The highest BCUT2D eigenvalue weighted by Crippen LogP contribution is 2.23. The number of rotatable bonds is 5. The zero-order valence-electron chi connectivity index (χ0n) is 17.4. The smallest absolute Gasteiger partial charge is 0.221 e. The average Bonchev–Trinajstić information content (AvgIpc) is 3.18. The Kier molecular flexibility index (Phi) is 4.88. The largest absolute Gasteiger partial charge is 0.350 e. The molecule has 2 aromatic carbocycles. The molecule has 0 unspecified atom stereocenters. The zero-order chi connectivity index (χ0) is 21.2. The van der Waals surface area contributed by atoms with Crippen molar-refractivity contribution >= 4 is 16.9 Å². The van der Waals surface area contributed by atoms with Crippen LogP contribution in [0.5, 0.6) is 0 Å². The van der Waals surface area contributed by atoms with Crippen molar-refractivity contribution < 1.29 is 1.43 Å². The van der Waals surface area contributed by atoms with Crippen molar-refractivity contribution in [2.45, 2.75) is 13.5 Å². The van der Waals surface area contributed by atoms with Gasteiger partial charge in [0.1, 0.15) is 0 Å². The van der Waals surface area contributed by atoms with Gasteiger partial charge in [0.2, 0.25) is 5.95 Å². The van der Waals surface area contributed by atoms with Crippen LogP contribution in [0, 0.1) is 6.92 Å². The van der Waals surface area contributed by atoms with Crippen molar-refractivity contribution in [1.29, 1.82) is 0 Å². The molecule has 154 valence electrons. The summed E-state index contributed by atoms with van der Waals surface area (Å²) in [7, 11) is 1.90. The Balaban J connectivity index is 0.00000245. The van der Waals surface area contributed by atoms with Crippen LogP contribution in [0.25, 0.3) is 33.4 Å². The Morgan fingerprint density at radius 3 is 2.55 bits per heavy atom. The first-order valence-electron chi connectivity index (χ1n) is 10.2. The molecule has 0 bridgehead atoms. The SMILES string of the molecule is Cc1cc(-c2ccc(CNc3nc(-c4ccc5ncccc5c4)nn3C)cc2)ccn1.[HH]. The van der Waals surface area contributed by atoms with Crippen molar-refractivity contribution in [2.75, 3.05) is 5.32 Å². The van der Waals surface area contributed by atoms with Gasteiger partial charge in [-0.15, -0.1) is 5.10 Å². The van der Waals surface area contributed by atoms with E-state index in [-0.39, 0.29) is 1.43 Å². The fourth-order valence-electron chi connectivity index (χ4n) is 3.60. The molecule has 6 nitrogen and oxygen atoms in total. The van der Waals surface area contributed by atoms with Crippen LogP contribution in [-0.4, -0.2) is 24.7 Å². The Morgan fingerprint density at radius 2 is 1.71 bits per heavy atom. The van der Waals surface area contributed by atoms with E-state index in [9.17, 15) is 0 Å². The van der Waals surface area contributed by atoms with Gasteiger partial charge in [0, 0.05) is 44.1 Å². The third-order valence-corrected chi connectivity index (χ3v) is 5.26. The van der Waals surface area contributed by atoms with E-state index in [2.05, 4.69) is 56.8 Å². The number of anilines is 1. The summed E-state index contributed by atoms with van der Waals surface area (Å²) in [4.78, 5) is 13.3. The quantitative estimate of drug-likeness (QED) is 0.430. The van der Waals surface area contributed by atoms with Crippen LogP contribution in [0.4, 0.5) is 5.95 Å². The fourth-order valence-corrected chi connectivity index (χ4v) is 3.60. The Hall–Kier alpha value is -4.06. The van der Waals surface area contributed by atoms with E-state index in [0.717, 1.165) is 28.1 Å². The van der Waals surface area contributed by atoms with E-state index in [1.165, 1.54) is 16.7 Å². The maximum atomic E-state index is 4.69. The molecule has 0 radical (unpaired) electrons. The van der Waals surface area contributed by atoms with Crippen molar-refractivity contribution in [1.82, 2.24) is 24.7 Å². The molecule has 0 amide bonds. The van der Waals surface area contributed by atoms with Gasteiger partial charge in [-0.05, 0) is 60.0 Å². The number of aryl methyl sites for hydroxylation is 2. The molecule has 3 aromatic heterocycles. The normalized spacial score (nSPS) is 11.0. The summed E-state index contributed by atoms with van der Waals surface area (Å²) in [5.41, 5.74) is 6.49. The highest BCUT2D eigenvalue weighted by atomic mass is 15.4. The molecule has 31 heavy (non-hydrogen) atoms. The lowest BCUT2D eigenvalue weighted by molar-refractivity contribution is 0.769. The van der Waals surface area contributed by atoms with Gasteiger partial charge in [-0.25, -0.2) is 4.68 Å². The van der Waals surface area contributed by atoms with Crippen LogP contribution < -0.4 is 5.32 Å². The molecule has 0 saturated carbocycles. The molecule has 6 heteroatoms. The molecule has 0 aliphatic heterocycles. The van der Waals surface area contributed by atoms with E-state index in [0.29, 0.717) is 12.4 Å². The van der Waals surface area contributed by atoms with Gasteiger partial charge >= 0.3 is 0 Å². The maximum Gasteiger partial charge on any atom is 0.221 e. The third-order valence-electron chi connectivity index (χ3n) is 5.26. The van der Waals surface area contributed by atoms with Crippen LogP contribution in [0.2, 0.25) is 0 Å². The predicted octanol–water partition coefficient (Wildman–Crippen LogP) is 5.26. The van der Waals surface area contributed by atoms with Crippen molar-refractivity contribution in [2.24, 2.45) is 7.05 Å². The van der Waals surface area contributed by atoms with Crippen LogP contribution in [0.3, 0.4) is 0 Å². The first kappa shape index (κ1) is 18.9. The summed E-state index contributed by atoms with van der Waals surface area (Å²) >= 11 is 0. The number of fused-ring (bicyclic) bond motifs is 1. The number of aromatic nitrogens is 5. The predicted molar refractivity (Wildman–Crippen MR) is 126 cm³/mol. The average molecular weight is 409 g/mol. The highest BCUT2D eigenvalue weighted by Gasteiger charge is 2.10. The number of hydrogen-bond donors (Lipinski definition) is 1. The summed E-state index contributed by atoms with van der Waals surface area (Å²) < 4.78 is 1.77. The molecule has 3 heterocycles. The minimum absolute atomic E-state index is 0. The first-order chi connectivity index (χ1) is 15.2. The number of pyridine rings is 2. The van der Waals surface area contributed by atoms with Gasteiger partial charge < -0.3 is 5.32 Å². The molecular weight excluding hydrogens is 384 g/mol. The highest BCUT2D eigenvalue weighted by molar-refractivity contribution is 5.83. The number of benzene rings is 2. The fraction of sp³-hybridized carbons (Fsp3) is 0.120. The van der Waals surface area contributed by atoms with Crippen LogP contribution in [0.15, 0.2) is 79.1 Å².